The number of nitrogens with zero attached hydrogens (tertiary/aromatic N) is 6. The van der Waals surface area contributed by atoms with Gasteiger partial charge in [-0.3, -0.25) is 23.4 Å². The van der Waals surface area contributed by atoms with Gasteiger partial charge in [0.25, 0.3) is 5.56 Å². The first-order valence-electron chi connectivity index (χ1n) is 14.1. The van der Waals surface area contributed by atoms with E-state index in [1.165, 1.54) is 11.6 Å². The number of hydrogen-bond donors (Lipinski definition) is 2. The highest BCUT2D eigenvalue weighted by molar-refractivity contribution is 6.31. The van der Waals surface area contributed by atoms with Gasteiger partial charge >= 0.3 is 5.69 Å². The van der Waals surface area contributed by atoms with Crippen LogP contribution in [0.5, 0.6) is 0 Å². The van der Waals surface area contributed by atoms with Gasteiger partial charge in [0.2, 0.25) is 6.41 Å². The van der Waals surface area contributed by atoms with Crippen molar-refractivity contribution in [3.8, 4) is 11.4 Å². The van der Waals surface area contributed by atoms with Gasteiger partial charge in [0.05, 0.1) is 12.2 Å². The molecule has 4 aromatic heterocycles. The van der Waals surface area contributed by atoms with Gasteiger partial charge in [-0.2, -0.15) is 5.10 Å². The number of piperazine rings is 1. The van der Waals surface area contributed by atoms with Crippen molar-refractivity contribution >= 4 is 39.9 Å². The lowest BCUT2D eigenvalue weighted by molar-refractivity contribution is -0.118. The number of fused-ring (bicyclic) bond motifs is 2. The van der Waals surface area contributed by atoms with Crippen LogP contribution in [0.1, 0.15) is 25.0 Å². The molecule has 1 aliphatic heterocycles. The summed E-state index contributed by atoms with van der Waals surface area (Å²) in [4.78, 5) is 41.6. The van der Waals surface area contributed by atoms with Crippen LogP contribution in [0.2, 0.25) is 5.02 Å². The van der Waals surface area contributed by atoms with Crippen molar-refractivity contribution in [1.82, 2.24) is 38.7 Å². The van der Waals surface area contributed by atoms with Gasteiger partial charge in [0.1, 0.15) is 11.1 Å². The summed E-state index contributed by atoms with van der Waals surface area (Å²) < 4.78 is 6.62. The molecule has 2 N–H and O–H groups in total. The molecule has 6 rings (SSSR count). The van der Waals surface area contributed by atoms with E-state index in [2.05, 4.69) is 10.3 Å². The van der Waals surface area contributed by atoms with E-state index in [0.717, 1.165) is 60.3 Å². The lowest BCUT2D eigenvalue weighted by Crippen LogP contribution is -2.42. The molecule has 5 heterocycles. The van der Waals surface area contributed by atoms with Crippen molar-refractivity contribution in [2.75, 3.05) is 26.2 Å². The third kappa shape index (κ3) is 5.66. The fraction of sp³-hybridized carbons (Fsp3) is 0.400. The maximum absolute atomic E-state index is 13.4. The molecular weight excluding hydrogens is 556 g/mol. The molecule has 1 fully saturated rings. The molecule has 1 aromatic carbocycles. The Morgan fingerprint density at radius 3 is 2.48 bits per heavy atom. The second kappa shape index (κ2) is 12.0. The minimum atomic E-state index is -0.357. The molecule has 0 radical (unpaired) electrons. The Labute approximate surface area is 248 Å². The van der Waals surface area contributed by atoms with Crippen LogP contribution >= 0.6 is 11.6 Å². The molecule has 5 aromatic rings. The van der Waals surface area contributed by atoms with E-state index in [-0.39, 0.29) is 17.2 Å². The number of aromatic amines is 1. The maximum atomic E-state index is 13.4. The first kappa shape index (κ1) is 29.4. The van der Waals surface area contributed by atoms with Gasteiger partial charge < -0.3 is 19.8 Å². The van der Waals surface area contributed by atoms with Crippen molar-refractivity contribution in [3.05, 3.63) is 73.6 Å². The van der Waals surface area contributed by atoms with Crippen LogP contribution in [0.4, 0.5) is 0 Å². The van der Waals surface area contributed by atoms with Crippen LogP contribution in [-0.4, -0.2) is 66.0 Å². The second-order valence-corrected chi connectivity index (χ2v) is 11.7. The predicted molar refractivity (Wildman–Crippen MR) is 166 cm³/mol. The van der Waals surface area contributed by atoms with E-state index in [1.54, 1.807) is 9.47 Å². The molecule has 1 saturated heterocycles. The topological polar surface area (TPSA) is 115 Å². The Kier molecular flexibility index (Phi) is 8.42. The standard InChI is InChI=1S/C25H27ClN6O2.C5H10N2O/c1-14(2)11-31-23-21(24(33)30(5)25(31)34)22(20-8-15(3)12-29(20)4)32(28-23)13-16-10-27-19-7-6-17(26)9-18(16)19;8-5-7-3-1-6-2-4-7/h6-10,12,14,27H,11,13H2,1-5H3;5-6H,1-4H2. The summed E-state index contributed by atoms with van der Waals surface area (Å²) in [5.74, 6) is 0.208. The quantitative estimate of drug-likeness (QED) is 0.294. The molecule has 222 valence electrons. The van der Waals surface area contributed by atoms with Gasteiger partial charge in [-0.1, -0.05) is 25.4 Å². The van der Waals surface area contributed by atoms with Gasteiger partial charge in [-0.15, -0.1) is 0 Å². The minimum Gasteiger partial charge on any atom is -0.361 e. The number of nitrogens with one attached hydrogen (secondary N) is 2. The maximum Gasteiger partial charge on any atom is 0.332 e. The van der Waals surface area contributed by atoms with Gasteiger partial charge in [-0.05, 0) is 48.2 Å². The first-order chi connectivity index (χ1) is 20.1. The zero-order valence-electron chi connectivity index (χ0n) is 24.6. The van der Waals surface area contributed by atoms with Crippen LogP contribution in [-0.2, 0) is 32.0 Å². The third-order valence-corrected chi connectivity index (χ3v) is 7.74. The summed E-state index contributed by atoms with van der Waals surface area (Å²) in [5, 5.41) is 10.1. The molecule has 1 amide bonds. The highest BCUT2D eigenvalue weighted by Gasteiger charge is 2.24. The number of hydrogen-bond acceptors (Lipinski definition) is 5. The molecule has 0 aliphatic carbocycles. The molecule has 0 saturated carbocycles. The van der Waals surface area contributed by atoms with E-state index in [9.17, 15) is 14.4 Å². The molecule has 0 atom stereocenters. The van der Waals surface area contributed by atoms with Crippen molar-refractivity contribution in [2.45, 2.75) is 33.9 Å². The molecule has 1 aliphatic rings. The number of amides is 1. The monoisotopic (exact) mass is 592 g/mol. The summed E-state index contributed by atoms with van der Waals surface area (Å²) >= 11 is 6.27. The zero-order valence-corrected chi connectivity index (χ0v) is 25.4. The van der Waals surface area contributed by atoms with Crippen LogP contribution in [0, 0.1) is 12.8 Å². The number of carbonyl (C=O) groups excluding carboxylic acids is 1. The van der Waals surface area contributed by atoms with Gasteiger partial charge in [0.15, 0.2) is 5.65 Å². The summed E-state index contributed by atoms with van der Waals surface area (Å²) in [6, 6.07) is 7.75. The van der Waals surface area contributed by atoms with Crippen molar-refractivity contribution in [3.63, 3.8) is 0 Å². The Morgan fingerprint density at radius 1 is 1.12 bits per heavy atom. The molecule has 0 unspecified atom stereocenters. The zero-order chi connectivity index (χ0) is 30.1. The number of H-pyrrole nitrogens is 1. The fourth-order valence-electron chi connectivity index (χ4n) is 5.46. The number of aromatic nitrogens is 6. The van der Waals surface area contributed by atoms with E-state index in [0.29, 0.717) is 34.8 Å². The van der Waals surface area contributed by atoms with Crippen LogP contribution in [0.15, 0.2) is 46.2 Å². The minimum absolute atomic E-state index is 0.208. The van der Waals surface area contributed by atoms with E-state index in [1.807, 2.05) is 73.7 Å². The summed E-state index contributed by atoms with van der Waals surface area (Å²) in [7, 11) is 3.48. The predicted octanol–water partition coefficient (Wildman–Crippen LogP) is 3.10. The molecule has 0 bridgehead atoms. The van der Waals surface area contributed by atoms with E-state index in [4.69, 9.17) is 16.7 Å². The lowest BCUT2D eigenvalue weighted by atomic mass is 10.1. The smallest absolute Gasteiger partial charge is 0.332 e. The van der Waals surface area contributed by atoms with Crippen LogP contribution < -0.4 is 16.6 Å². The number of aryl methyl sites for hydroxylation is 2. The molecule has 11 nitrogen and oxygen atoms in total. The van der Waals surface area contributed by atoms with Gasteiger partial charge in [0, 0.05) is 75.1 Å². The molecule has 42 heavy (non-hydrogen) atoms. The average molecular weight is 593 g/mol. The van der Waals surface area contributed by atoms with Crippen molar-refractivity contribution in [1.29, 1.82) is 0 Å². The average Bonchev–Trinajstić information content (AvgIpc) is 3.64. The summed E-state index contributed by atoms with van der Waals surface area (Å²) in [5.41, 5.74) is 4.31. The van der Waals surface area contributed by atoms with E-state index >= 15 is 0 Å². The van der Waals surface area contributed by atoms with Crippen LogP contribution in [0.3, 0.4) is 0 Å². The fourth-order valence-corrected chi connectivity index (χ4v) is 5.63. The van der Waals surface area contributed by atoms with Crippen molar-refractivity contribution in [2.24, 2.45) is 20.0 Å². The Bertz CT molecular complexity index is 1870. The first-order valence-corrected chi connectivity index (χ1v) is 14.5. The Morgan fingerprint density at radius 2 is 1.86 bits per heavy atom. The Balaban J connectivity index is 0.000000382. The largest absolute Gasteiger partial charge is 0.361 e. The SMILES string of the molecule is Cc1cc(-c2c3c(=O)n(C)c(=O)n(CC(C)C)c3nn2Cc2c[nH]c3ccc(Cl)cc23)n(C)c1.O=CN1CCNCC1. The number of rotatable bonds is 6. The van der Waals surface area contributed by atoms with Crippen LogP contribution in [0.25, 0.3) is 33.3 Å². The Hall–Kier alpha value is -4.09. The van der Waals surface area contributed by atoms with E-state index < -0.39 is 0 Å². The normalized spacial score (nSPS) is 13.6. The molecule has 12 heteroatoms. The number of benzene rings is 1. The number of halogens is 1. The summed E-state index contributed by atoms with van der Waals surface area (Å²) in [6.45, 7) is 10.6. The third-order valence-electron chi connectivity index (χ3n) is 7.51. The highest BCUT2D eigenvalue weighted by Crippen LogP contribution is 2.30. The van der Waals surface area contributed by atoms with Crippen molar-refractivity contribution < 1.29 is 4.79 Å². The highest BCUT2D eigenvalue weighted by atomic mass is 35.5. The van der Waals surface area contributed by atoms with Gasteiger partial charge in [-0.25, -0.2) is 4.79 Å². The second-order valence-electron chi connectivity index (χ2n) is 11.3. The molecule has 0 spiro atoms. The molecular formula is C30H37ClN8O3. The lowest BCUT2D eigenvalue weighted by Gasteiger charge is -2.22. The number of carbonyl (C=O) groups is 1. The summed E-state index contributed by atoms with van der Waals surface area (Å²) in [6.07, 6.45) is 4.85.